The van der Waals surface area contributed by atoms with E-state index in [2.05, 4.69) is 52.6 Å². The zero-order valence-electron chi connectivity index (χ0n) is 11.8. The van der Waals surface area contributed by atoms with Crippen LogP contribution < -0.4 is 21.3 Å². The number of methoxy groups -OCH3 is 1. The van der Waals surface area contributed by atoms with E-state index in [1.807, 2.05) is 26.0 Å². The Morgan fingerprint density at radius 1 is 1.10 bits per heavy atom. The molecule has 0 radical (unpaired) electrons. The fourth-order valence-electron chi connectivity index (χ4n) is 1.80. The second kappa shape index (κ2) is 6.59. The lowest BCUT2D eigenvalue weighted by atomic mass is 10.2. The van der Waals surface area contributed by atoms with Gasteiger partial charge in [0.25, 0.3) is 0 Å². The summed E-state index contributed by atoms with van der Waals surface area (Å²) in [6.07, 6.45) is 0. The van der Waals surface area contributed by atoms with E-state index >= 15 is 0 Å². The van der Waals surface area contributed by atoms with Crippen LogP contribution in [0.2, 0.25) is 0 Å². The minimum Gasteiger partial charge on any atom is -0.495 e. The average Bonchev–Trinajstić information content (AvgIpc) is 2.45. The molecular weight excluding hydrogens is 402 g/mol. The minimum absolute atomic E-state index is 0.588. The highest BCUT2D eigenvalue weighted by atomic mass is 79.9. The molecule has 0 atom stereocenters. The first-order chi connectivity index (χ1) is 9.96. The first-order valence-corrected chi connectivity index (χ1v) is 7.66. The minimum atomic E-state index is 0.588. The van der Waals surface area contributed by atoms with Gasteiger partial charge >= 0.3 is 0 Å². The van der Waals surface area contributed by atoms with Crippen molar-refractivity contribution in [1.82, 2.24) is 9.97 Å². The van der Waals surface area contributed by atoms with Crippen molar-refractivity contribution >= 4 is 49.2 Å². The van der Waals surface area contributed by atoms with Gasteiger partial charge in [0.1, 0.15) is 23.2 Å². The van der Waals surface area contributed by atoms with E-state index in [-0.39, 0.29) is 0 Å². The predicted molar refractivity (Wildman–Crippen MR) is 91.0 cm³/mol. The summed E-state index contributed by atoms with van der Waals surface area (Å²) in [6, 6.07) is 3.78. The van der Waals surface area contributed by atoms with Gasteiger partial charge in [-0.2, -0.15) is 0 Å². The van der Waals surface area contributed by atoms with Crippen molar-refractivity contribution in [3.8, 4) is 5.75 Å². The van der Waals surface area contributed by atoms with Crippen LogP contribution in [0.3, 0.4) is 0 Å². The largest absolute Gasteiger partial charge is 0.495 e. The summed E-state index contributed by atoms with van der Waals surface area (Å²) < 4.78 is 7.05. The number of ether oxygens (including phenoxy) is 1. The van der Waals surface area contributed by atoms with Crippen LogP contribution in [0.25, 0.3) is 0 Å². The highest BCUT2D eigenvalue weighted by molar-refractivity contribution is 9.11. The van der Waals surface area contributed by atoms with Gasteiger partial charge in [-0.05, 0) is 51.8 Å². The molecule has 1 aromatic carbocycles. The van der Waals surface area contributed by atoms with Crippen LogP contribution in [0.1, 0.15) is 11.4 Å². The van der Waals surface area contributed by atoms with Crippen molar-refractivity contribution in [2.45, 2.75) is 13.8 Å². The van der Waals surface area contributed by atoms with Crippen LogP contribution in [0.15, 0.2) is 21.1 Å². The molecule has 4 N–H and O–H groups in total. The van der Waals surface area contributed by atoms with Gasteiger partial charge in [-0.15, -0.1) is 0 Å². The van der Waals surface area contributed by atoms with Crippen LogP contribution in [0.5, 0.6) is 5.75 Å². The third kappa shape index (κ3) is 3.45. The van der Waals surface area contributed by atoms with Crippen molar-refractivity contribution in [1.29, 1.82) is 0 Å². The molecule has 0 saturated carbocycles. The van der Waals surface area contributed by atoms with Gasteiger partial charge in [0.2, 0.25) is 0 Å². The first kappa shape index (κ1) is 16.0. The van der Waals surface area contributed by atoms with Gasteiger partial charge in [0.15, 0.2) is 0 Å². The normalized spacial score (nSPS) is 10.4. The highest BCUT2D eigenvalue weighted by Crippen LogP contribution is 2.36. The molecule has 0 bridgehead atoms. The molecule has 0 aliphatic rings. The average molecular weight is 417 g/mol. The fourth-order valence-corrected chi connectivity index (χ4v) is 3.05. The van der Waals surface area contributed by atoms with Crippen LogP contribution in [-0.2, 0) is 0 Å². The van der Waals surface area contributed by atoms with Crippen molar-refractivity contribution < 1.29 is 4.74 Å². The van der Waals surface area contributed by atoms with Crippen molar-refractivity contribution in [2.75, 3.05) is 17.9 Å². The highest BCUT2D eigenvalue weighted by Gasteiger charge is 2.12. The molecule has 8 heteroatoms. The standard InChI is InChI=1S/C13H15Br2N5O/c1-6-12(17-7(2)18-13(6)20-16)19-10-5-11(21-3)9(15)4-8(10)14/h4-5H,16H2,1-3H3,(H2,17,18,19,20). The Morgan fingerprint density at radius 2 is 1.76 bits per heavy atom. The quantitative estimate of drug-likeness (QED) is 0.521. The smallest absolute Gasteiger partial charge is 0.148 e. The summed E-state index contributed by atoms with van der Waals surface area (Å²) in [5.41, 5.74) is 4.24. The molecule has 0 fully saturated rings. The number of hydrogen-bond donors (Lipinski definition) is 3. The van der Waals surface area contributed by atoms with Gasteiger partial charge in [0.05, 0.1) is 17.3 Å². The molecule has 0 saturated heterocycles. The topological polar surface area (TPSA) is 85.1 Å². The number of anilines is 3. The van der Waals surface area contributed by atoms with Crippen LogP contribution >= 0.6 is 31.9 Å². The lowest BCUT2D eigenvalue weighted by molar-refractivity contribution is 0.412. The zero-order valence-corrected chi connectivity index (χ0v) is 15.0. The summed E-state index contributed by atoms with van der Waals surface area (Å²) in [5, 5.41) is 3.26. The molecule has 0 aliphatic heterocycles. The lowest BCUT2D eigenvalue weighted by Crippen LogP contribution is -2.13. The molecule has 1 heterocycles. The number of hydrogen-bond acceptors (Lipinski definition) is 6. The number of hydrazine groups is 1. The number of rotatable bonds is 4. The Labute approximate surface area is 139 Å². The number of nitrogens with two attached hydrogens (primary N) is 1. The summed E-state index contributed by atoms with van der Waals surface area (Å²) in [5.74, 6) is 8.09. The molecule has 0 aliphatic carbocycles. The zero-order chi connectivity index (χ0) is 15.6. The van der Waals surface area contributed by atoms with Gasteiger partial charge in [-0.25, -0.2) is 15.8 Å². The molecular formula is C13H15Br2N5O. The third-order valence-corrected chi connectivity index (χ3v) is 4.16. The molecule has 0 unspecified atom stereocenters. The number of aryl methyl sites for hydroxylation is 1. The number of halogens is 2. The van der Waals surface area contributed by atoms with Crippen LogP contribution in [-0.4, -0.2) is 17.1 Å². The molecule has 1 aromatic heterocycles. The Kier molecular flexibility index (Phi) is 5.02. The lowest BCUT2D eigenvalue weighted by Gasteiger charge is -2.15. The monoisotopic (exact) mass is 415 g/mol. The summed E-state index contributed by atoms with van der Waals surface area (Å²) in [7, 11) is 1.62. The van der Waals surface area contributed by atoms with Gasteiger partial charge < -0.3 is 15.5 Å². The maximum Gasteiger partial charge on any atom is 0.148 e. The fraction of sp³-hybridized carbons (Fsp3) is 0.231. The van der Waals surface area contributed by atoms with E-state index in [9.17, 15) is 0 Å². The van der Waals surface area contributed by atoms with Crippen molar-refractivity contribution in [2.24, 2.45) is 5.84 Å². The maximum atomic E-state index is 5.47. The predicted octanol–water partition coefficient (Wildman–Crippen LogP) is 3.66. The summed E-state index contributed by atoms with van der Waals surface area (Å²) in [4.78, 5) is 8.64. The van der Waals surface area contributed by atoms with Crippen LogP contribution in [0.4, 0.5) is 17.3 Å². The second-order valence-electron chi connectivity index (χ2n) is 4.33. The van der Waals surface area contributed by atoms with Gasteiger partial charge in [0, 0.05) is 16.1 Å². The summed E-state index contributed by atoms with van der Waals surface area (Å²) >= 11 is 6.96. The van der Waals surface area contributed by atoms with Crippen molar-refractivity contribution in [3.05, 3.63) is 32.5 Å². The first-order valence-electron chi connectivity index (χ1n) is 6.08. The second-order valence-corrected chi connectivity index (χ2v) is 6.04. The Balaban J connectivity index is 2.45. The van der Waals surface area contributed by atoms with E-state index in [0.29, 0.717) is 17.5 Å². The van der Waals surface area contributed by atoms with E-state index in [4.69, 9.17) is 10.6 Å². The maximum absolute atomic E-state index is 5.47. The Morgan fingerprint density at radius 3 is 2.38 bits per heavy atom. The van der Waals surface area contributed by atoms with E-state index in [0.717, 1.165) is 25.9 Å². The molecule has 0 amide bonds. The molecule has 6 nitrogen and oxygen atoms in total. The molecule has 112 valence electrons. The van der Waals surface area contributed by atoms with Crippen LogP contribution in [0, 0.1) is 13.8 Å². The number of benzene rings is 1. The Bertz CT molecular complexity index is 678. The van der Waals surface area contributed by atoms with E-state index in [1.165, 1.54) is 0 Å². The third-order valence-electron chi connectivity index (χ3n) is 2.89. The molecule has 21 heavy (non-hydrogen) atoms. The Hall–Kier alpha value is -1.38. The molecule has 2 rings (SSSR count). The van der Waals surface area contributed by atoms with E-state index < -0.39 is 0 Å². The number of nitrogens with zero attached hydrogens (tertiary/aromatic N) is 2. The van der Waals surface area contributed by atoms with Crippen molar-refractivity contribution in [3.63, 3.8) is 0 Å². The number of aromatic nitrogens is 2. The number of nitrogens with one attached hydrogen (secondary N) is 2. The summed E-state index contributed by atoms with van der Waals surface area (Å²) in [6.45, 7) is 3.70. The molecule has 0 spiro atoms. The SMILES string of the molecule is COc1cc(Nc2nc(C)nc(NN)c2C)c(Br)cc1Br. The number of nitrogen functional groups attached to an aromatic ring is 1. The van der Waals surface area contributed by atoms with E-state index in [1.54, 1.807) is 7.11 Å². The van der Waals surface area contributed by atoms with Gasteiger partial charge in [-0.1, -0.05) is 0 Å². The van der Waals surface area contributed by atoms with Gasteiger partial charge in [-0.3, -0.25) is 0 Å². The molecule has 2 aromatic rings.